The highest BCUT2D eigenvalue weighted by Gasteiger charge is 2.35. The van der Waals surface area contributed by atoms with E-state index in [0.717, 1.165) is 26.3 Å². The predicted octanol–water partition coefficient (Wildman–Crippen LogP) is 2.12. The van der Waals surface area contributed by atoms with Gasteiger partial charge in [0.05, 0.1) is 6.61 Å². The van der Waals surface area contributed by atoms with Gasteiger partial charge in [-0.05, 0) is 39.4 Å². The van der Waals surface area contributed by atoms with Gasteiger partial charge in [-0.15, -0.1) is 0 Å². The van der Waals surface area contributed by atoms with E-state index in [0.29, 0.717) is 5.41 Å². The Kier molecular flexibility index (Phi) is 7.09. The van der Waals surface area contributed by atoms with E-state index in [1.165, 1.54) is 38.8 Å². The highest BCUT2D eigenvalue weighted by Crippen LogP contribution is 2.28. The first-order chi connectivity index (χ1) is 8.22. The number of ether oxygens (including phenoxy) is 1. The number of nitrogens with one attached hydrogen (secondary N) is 1. The number of rotatable bonds is 9. The van der Waals surface area contributed by atoms with Gasteiger partial charge in [-0.2, -0.15) is 0 Å². The Morgan fingerprint density at radius 2 is 2.12 bits per heavy atom. The van der Waals surface area contributed by atoms with Gasteiger partial charge in [0.15, 0.2) is 0 Å². The topological polar surface area (TPSA) is 24.5 Å². The van der Waals surface area contributed by atoms with Crippen LogP contribution in [0, 0.1) is 5.41 Å². The van der Waals surface area contributed by atoms with E-state index in [2.05, 4.69) is 31.1 Å². The molecule has 1 rings (SSSR count). The lowest BCUT2D eigenvalue weighted by atomic mass is 9.86. The van der Waals surface area contributed by atoms with Crippen LogP contribution in [0.25, 0.3) is 0 Å². The average molecular weight is 242 g/mol. The molecule has 0 radical (unpaired) electrons. The Morgan fingerprint density at radius 1 is 1.29 bits per heavy atom. The van der Waals surface area contributed by atoms with E-state index in [9.17, 15) is 0 Å². The third kappa shape index (κ3) is 5.36. The average Bonchev–Trinajstić information content (AvgIpc) is 2.75. The molecule has 0 bridgehead atoms. The number of hydrogen-bond donors (Lipinski definition) is 1. The molecule has 0 amide bonds. The largest absolute Gasteiger partial charge is 0.381 e. The van der Waals surface area contributed by atoms with Crippen LogP contribution in [0.5, 0.6) is 0 Å². The lowest BCUT2D eigenvalue weighted by Crippen LogP contribution is -2.44. The summed E-state index contributed by atoms with van der Waals surface area (Å²) in [6.45, 7) is 11.0. The zero-order valence-electron chi connectivity index (χ0n) is 11.9. The van der Waals surface area contributed by atoms with Gasteiger partial charge in [-0.3, -0.25) is 0 Å². The van der Waals surface area contributed by atoms with E-state index in [1.54, 1.807) is 0 Å². The molecule has 3 nitrogen and oxygen atoms in total. The maximum absolute atomic E-state index is 5.63. The Hall–Kier alpha value is -0.120. The van der Waals surface area contributed by atoms with Gasteiger partial charge in [0.25, 0.3) is 0 Å². The van der Waals surface area contributed by atoms with Crippen LogP contribution in [0.3, 0.4) is 0 Å². The van der Waals surface area contributed by atoms with Crippen LogP contribution < -0.4 is 5.32 Å². The van der Waals surface area contributed by atoms with Crippen molar-refractivity contribution in [2.75, 3.05) is 46.4 Å². The summed E-state index contributed by atoms with van der Waals surface area (Å²) in [7, 11) is 2.25. The monoisotopic (exact) mass is 242 g/mol. The number of unbranched alkanes of at least 4 members (excludes halogenated alkanes) is 1. The predicted molar refractivity (Wildman–Crippen MR) is 73.4 cm³/mol. The summed E-state index contributed by atoms with van der Waals surface area (Å²) in [5.41, 5.74) is 0.359. The standard InChI is InChI=1S/C14H30N2O/c1-4-6-9-16(3)12-14(7-10-17-13-14)11-15-8-5-2/h15H,4-13H2,1-3H3. The second-order valence-electron chi connectivity index (χ2n) is 5.57. The Balaban J connectivity index is 2.35. The van der Waals surface area contributed by atoms with Gasteiger partial charge >= 0.3 is 0 Å². The minimum atomic E-state index is 0.359. The molecule has 0 aromatic rings. The Labute approximate surface area is 107 Å². The fourth-order valence-corrected chi connectivity index (χ4v) is 2.58. The van der Waals surface area contributed by atoms with Crippen molar-refractivity contribution in [2.24, 2.45) is 5.41 Å². The molecule has 1 unspecified atom stereocenters. The van der Waals surface area contributed by atoms with Gasteiger partial charge in [-0.1, -0.05) is 20.3 Å². The van der Waals surface area contributed by atoms with Crippen molar-refractivity contribution in [3.8, 4) is 0 Å². The molecule has 0 aromatic carbocycles. The quantitative estimate of drug-likeness (QED) is 0.627. The van der Waals surface area contributed by atoms with E-state index in [1.807, 2.05) is 0 Å². The fraction of sp³-hybridized carbons (Fsp3) is 1.00. The first-order valence-electron chi connectivity index (χ1n) is 7.19. The molecule has 102 valence electrons. The van der Waals surface area contributed by atoms with Crippen molar-refractivity contribution in [3.05, 3.63) is 0 Å². The molecule has 1 aliphatic heterocycles. The Bertz CT molecular complexity index is 191. The highest BCUT2D eigenvalue weighted by molar-refractivity contribution is 4.87. The summed E-state index contributed by atoms with van der Waals surface area (Å²) >= 11 is 0. The van der Waals surface area contributed by atoms with Gasteiger partial charge in [-0.25, -0.2) is 0 Å². The normalized spacial score (nSPS) is 24.7. The van der Waals surface area contributed by atoms with E-state index < -0.39 is 0 Å². The number of hydrogen-bond acceptors (Lipinski definition) is 3. The van der Waals surface area contributed by atoms with E-state index >= 15 is 0 Å². The van der Waals surface area contributed by atoms with Crippen molar-refractivity contribution >= 4 is 0 Å². The van der Waals surface area contributed by atoms with E-state index in [4.69, 9.17) is 4.74 Å². The van der Waals surface area contributed by atoms with Gasteiger partial charge in [0.1, 0.15) is 0 Å². The smallest absolute Gasteiger partial charge is 0.0547 e. The van der Waals surface area contributed by atoms with Gasteiger partial charge in [0, 0.05) is 25.1 Å². The summed E-state index contributed by atoms with van der Waals surface area (Å²) in [5, 5.41) is 3.57. The van der Waals surface area contributed by atoms with Crippen LogP contribution in [-0.4, -0.2) is 51.3 Å². The lowest BCUT2D eigenvalue weighted by Gasteiger charge is -2.32. The summed E-state index contributed by atoms with van der Waals surface area (Å²) in [4.78, 5) is 2.48. The van der Waals surface area contributed by atoms with Crippen LogP contribution in [0.15, 0.2) is 0 Å². The maximum atomic E-state index is 5.63. The lowest BCUT2D eigenvalue weighted by molar-refractivity contribution is 0.118. The second kappa shape index (κ2) is 8.06. The first-order valence-corrected chi connectivity index (χ1v) is 7.19. The minimum Gasteiger partial charge on any atom is -0.381 e. The summed E-state index contributed by atoms with van der Waals surface area (Å²) < 4.78 is 5.63. The summed E-state index contributed by atoms with van der Waals surface area (Å²) in [6, 6.07) is 0. The van der Waals surface area contributed by atoms with Crippen molar-refractivity contribution in [2.45, 2.75) is 39.5 Å². The molecule has 1 aliphatic rings. The molecular formula is C14H30N2O. The fourth-order valence-electron chi connectivity index (χ4n) is 2.58. The van der Waals surface area contributed by atoms with Crippen molar-refractivity contribution < 1.29 is 4.74 Å². The van der Waals surface area contributed by atoms with Crippen molar-refractivity contribution in [3.63, 3.8) is 0 Å². The first kappa shape index (κ1) is 14.9. The molecule has 3 heteroatoms. The minimum absolute atomic E-state index is 0.359. The second-order valence-corrected chi connectivity index (χ2v) is 5.57. The zero-order chi connectivity index (χ0) is 12.6. The number of nitrogens with zero attached hydrogens (tertiary/aromatic N) is 1. The molecule has 1 fully saturated rings. The van der Waals surface area contributed by atoms with Crippen molar-refractivity contribution in [1.29, 1.82) is 0 Å². The van der Waals surface area contributed by atoms with Crippen LogP contribution >= 0.6 is 0 Å². The van der Waals surface area contributed by atoms with Gasteiger partial charge < -0.3 is 15.0 Å². The zero-order valence-corrected chi connectivity index (χ0v) is 11.9. The van der Waals surface area contributed by atoms with Crippen LogP contribution in [0.4, 0.5) is 0 Å². The molecule has 17 heavy (non-hydrogen) atoms. The van der Waals surface area contributed by atoms with Crippen LogP contribution in [-0.2, 0) is 4.74 Å². The van der Waals surface area contributed by atoms with Crippen LogP contribution in [0.1, 0.15) is 39.5 Å². The van der Waals surface area contributed by atoms with E-state index in [-0.39, 0.29) is 0 Å². The van der Waals surface area contributed by atoms with Crippen molar-refractivity contribution in [1.82, 2.24) is 10.2 Å². The molecule has 0 aliphatic carbocycles. The SMILES string of the molecule is CCCCN(C)CC1(CNCCC)CCOC1. The molecule has 0 spiro atoms. The summed E-state index contributed by atoms with van der Waals surface area (Å²) in [5.74, 6) is 0. The third-order valence-corrected chi connectivity index (χ3v) is 3.61. The summed E-state index contributed by atoms with van der Waals surface area (Å²) in [6.07, 6.45) is 5.00. The van der Waals surface area contributed by atoms with Crippen LogP contribution in [0.2, 0.25) is 0 Å². The molecule has 1 heterocycles. The molecular weight excluding hydrogens is 212 g/mol. The molecule has 1 N–H and O–H groups in total. The molecule has 0 aromatic heterocycles. The van der Waals surface area contributed by atoms with Gasteiger partial charge in [0.2, 0.25) is 0 Å². The highest BCUT2D eigenvalue weighted by atomic mass is 16.5. The molecule has 1 saturated heterocycles. The molecule has 1 atom stereocenters. The third-order valence-electron chi connectivity index (χ3n) is 3.61. The molecule has 0 saturated carbocycles. The Morgan fingerprint density at radius 3 is 2.71 bits per heavy atom. The maximum Gasteiger partial charge on any atom is 0.0547 e.